The molecule has 1 aliphatic heterocycles. The monoisotopic (exact) mass is 360 g/mol. The second-order valence-corrected chi connectivity index (χ2v) is 8.09. The first kappa shape index (κ1) is 17.3. The van der Waals surface area contributed by atoms with Crippen molar-refractivity contribution in [1.29, 1.82) is 0 Å². The highest BCUT2D eigenvalue weighted by atomic mass is 32.2. The van der Waals surface area contributed by atoms with Gasteiger partial charge in [0.25, 0.3) is 0 Å². The number of guanidine groups is 1. The first-order valence-electron chi connectivity index (χ1n) is 8.37. The molecule has 1 aromatic heterocycles. The molecule has 4 nitrogen and oxygen atoms in total. The van der Waals surface area contributed by atoms with E-state index in [1.165, 1.54) is 17.7 Å². The first-order valence-corrected chi connectivity index (χ1v) is 10.3. The first-order chi connectivity index (χ1) is 11.8. The Labute approximate surface area is 152 Å². The standard InChI is InChI=1S/C18H24N4S2/c1-3-15-12-22(9-10-23-15)18(19-2)20-11-17-21-16(13-24-17)14-7-5-4-6-8-14/h4-8,13,15H,3,9-12H2,1-2H3,(H,19,20). The van der Waals surface area contributed by atoms with Crippen LogP contribution >= 0.6 is 23.1 Å². The van der Waals surface area contributed by atoms with Crippen LogP contribution in [0.25, 0.3) is 11.3 Å². The van der Waals surface area contributed by atoms with Crippen LogP contribution in [-0.2, 0) is 6.54 Å². The van der Waals surface area contributed by atoms with Crippen LogP contribution in [0.5, 0.6) is 0 Å². The number of aromatic nitrogens is 1. The molecule has 1 atom stereocenters. The zero-order chi connectivity index (χ0) is 16.8. The van der Waals surface area contributed by atoms with E-state index in [4.69, 9.17) is 4.98 Å². The maximum Gasteiger partial charge on any atom is 0.194 e. The van der Waals surface area contributed by atoms with Crippen molar-refractivity contribution in [2.45, 2.75) is 25.1 Å². The molecule has 0 radical (unpaired) electrons. The summed E-state index contributed by atoms with van der Waals surface area (Å²) in [5, 5.41) is 7.41. The zero-order valence-electron chi connectivity index (χ0n) is 14.2. The van der Waals surface area contributed by atoms with E-state index in [1.54, 1.807) is 11.3 Å². The van der Waals surface area contributed by atoms with Crippen LogP contribution in [0, 0.1) is 0 Å². The third-order valence-electron chi connectivity index (χ3n) is 4.12. The average molecular weight is 361 g/mol. The topological polar surface area (TPSA) is 40.5 Å². The predicted molar refractivity (Wildman–Crippen MR) is 106 cm³/mol. The van der Waals surface area contributed by atoms with E-state index in [9.17, 15) is 0 Å². The summed E-state index contributed by atoms with van der Waals surface area (Å²) in [6.45, 7) is 5.13. The number of aliphatic imine (C=N–C) groups is 1. The maximum atomic E-state index is 4.74. The Bertz CT molecular complexity index is 669. The normalized spacial score (nSPS) is 18.7. The van der Waals surface area contributed by atoms with Gasteiger partial charge in [0.05, 0.1) is 12.2 Å². The summed E-state index contributed by atoms with van der Waals surface area (Å²) < 4.78 is 0. The molecule has 0 saturated carbocycles. The molecular formula is C18H24N4S2. The van der Waals surface area contributed by atoms with Crippen molar-refractivity contribution in [3.05, 3.63) is 40.7 Å². The van der Waals surface area contributed by atoms with Gasteiger partial charge in [-0.2, -0.15) is 11.8 Å². The number of thioether (sulfide) groups is 1. The van der Waals surface area contributed by atoms with E-state index < -0.39 is 0 Å². The highest BCUT2D eigenvalue weighted by Gasteiger charge is 2.21. The second kappa shape index (κ2) is 8.53. The van der Waals surface area contributed by atoms with Gasteiger partial charge in [0.15, 0.2) is 5.96 Å². The van der Waals surface area contributed by atoms with Crippen LogP contribution in [0.4, 0.5) is 0 Å². The van der Waals surface area contributed by atoms with E-state index in [0.29, 0.717) is 5.25 Å². The lowest BCUT2D eigenvalue weighted by molar-refractivity contribution is 0.408. The van der Waals surface area contributed by atoms with Crippen LogP contribution in [-0.4, -0.2) is 47.0 Å². The number of hydrogen-bond acceptors (Lipinski definition) is 4. The molecule has 0 aliphatic carbocycles. The molecular weight excluding hydrogens is 336 g/mol. The van der Waals surface area contributed by atoms with Crippen LogP contribution in [0.1, 0.15) is 18.4 Å². The number of rotatable bonds is 4. The third kappa shape index (κ3) is 4.30. The van der Waals surface area contributed by atoms with Crippen LogP contribution in [0.15, 0.2) is 40.7 Å². The molecule has 1 aromatic carbocycles. The lowest BCUT2D eigenvalue weighted by Gasteiger charge is -2.34. The summed E-state index contributed by atoms with van der Waals surface area (Å²) in [5.41, 5.74) is 2.22. The van der Waals surface area contributed by atoms with Crippen molar-refractivity contribution in [2.75, 3.05) is 25.9 Å². The molecule has 1 aliphatic rings. The van der Waals surface area contributed by atoms with Crippen molar-refractivity contribution < 1.29 is 0 Å². The summed E-state index contributed by atoms with van der Waals surface area (Å²) in [5.74, 6) is 2.17. The van der Waals surface area contributed by atoms with Crippen molar-refractivity contribution in [1.82, 2.24) is 15.2 Å². The van der Waals surface area contributed by atoms with E-state index >= 15 is 0 Å². The number of nitrogens with zero attached hydrogens (tertiary/aromatic N) is 3. The minimum absolute atomic E-state index is 0.710. The lowest BCUT2D eigenvalue weighted by Crippen LogP contribution is -2.47. The second-order valence-electron chi connectivity index (χ2n) is 5.74. The SMILES string of the molecule is CCC1CN(C(=NC)NCc2nc(-c3ccccc3)cs2)CCS1. The van der Waals surface area contributed by atoms with Crippen LogP contribution in [0.3, 0.4) is 0 Å². The van der Waals surface area contributed by atoms with Gasteiger partial charge in [-0.15, -0.1) is 11.3 Å². The summed E-state index contributed by atoms with van der Waals surface area (Å²) >= 11 is 3.77. The number of nitrogens with one attached hydrogen (secondary N) is 1. The number of benzene rings is 1. The van der Waals surface area contributed by atoms with E-state index in [-0.39, 0.29) is 0 Å². The van der Waals surface area contributed by atoms with Gasteiger partial charge in [-0.3, -0.25) is 4.99 Å². The fourth-order valence-corrected chi connectivity index (χ4v) is 4.70. The van der Waals surface area contributed by atoms with Crippen molar-refractivity contribution in [2.24, 2.45) is 4.99 Å². The van der Waals surface area contributed by atoms with Gasteiger partial charge in [-0.1, -0.05) is 37.3 Å². The smallest absolute Gasteiger partial charge is 0.194 e. The Morgan fingerprint density at radius 3 is 2.96 bits per heavy atom. The molecule has 2 heterocycles. The van der Waals surface area contributed by atoms with Gasteiger partial charge >= 0.3 is 0 Å². The fourth-order valence-electron chi connectivity index (χ4n) is 2.78. The molecule has 6 heteroatoms. The van der Waals surface area contributed by atoms with Gasteiger partial charge in [-0.05, 0) is 6.42 Å². The molecule has 1 N–H and O–H groups in total. The minimum atomic E-state index is 0.710. The predicted octanol–water partition coefficient (Wildman–Crippen LogP) is 3.71. The molecule has 1 saturated heterocycles. The van der Waals surface area contributed by atoms with Gasteiger partial charge in [0.1, 0.15) is 5.01 Å². The lowest BCUT2D eigenvalue weighted by atomic mass is 10.2. The fraction of sp³-hybridized carbons (Fsp3) is 0.444. The quantitative estimate of drug-likeness (QED) is 0.666. The Balaban J connectivity index is 1.59. The Hall–Kier alpha value is -1.53. The van der Waals surface area contributed by atoms with Gasteiger partial charge < -0.3 is 10.2 Å². The molecule has 2 aromatic rings. The highest BCUT2D eigenvalue weighted by Crippen LogP contribution is 2.22. The molecule has 24 heavy (non-hydrogen) atoms. The van der Waals surface area contributed by atoms with E-state index in [2.05, 4.69) is 51.4 Å². The Morgan fingerprint density at radius 1 is 1.38 bits per heavy atom. The highest BCUT2D eigenvalue weighted by molar-refractivity contribution is 8.00. The van der Waals surface area contributed by atoms with Crippen LogP contribution in [0.2, 0.25) is 0 Å². The molecule has 3 rings (SSSR count). The Morgan fingerprint density at radius 2 is 2.21 bits per heavy atom. The largest absolute Gasteiger partial charge is 0.350 e. The number of hydrogen-bond donors (Lipinski definition) is 1. The minimum Gasteiger partial charge on any atom is -0.350 e. The van der Waals surface area contributed by atoms with Crippen LogP contribution < -0.4 is 5.32 Å². The summed E-state index contributed by atoms with van der Waals surface area (Å²) in [7, 11) is 1.86. The van der Waals surface area contributed by atoms with Crippen molar-refractivity contribution >= 4 is 29.1 Å². The Kier molecular flexibility index (Phi) is 6.15. The molecule has 0 spiro atoms. The average Bonchev–Trinajstić information content (AvgIpc) is 3.12. The summed E-state index contributed by atoms with van der Waals surface area (Å²) in [4.78, 5) is 11.6. The zero-order valence-corrected chi connectivity index (χ0v) is 15.9. The van der Waals surface area contributed by atoms with Gasteiger partial charge in [0, 0.05) is 42.1 Å². The van der Waals surface area contributed by atoms with Crippen molar-refractivity contribution in [3.63, 3.8) is 0 Å². The van der Waals surface area contributed by atoms with E-state index in [1.807, 2.05) is 25.2 Å². The molecule has 1 fully saturated rings. The summed E-state index contributed by atoms with van der Waals surface area (Å²) in [6.07, 6.45) is 1.21. The van der Waals surface area contributed by atoms with Gasteiger partial charge in [-0.25, -0.2) is 4.98 Å². The summed E-state index contributed by atoms with van der Waals surface area (Å²) in [6, 6.07) is 10.3. The molecule has 0 bridgehead atoms. The third-order valence-corrected chi connectivity index (χ3v) is 6.35. The maximum absolute atomic E-state index is 4.74. The van der Waals surface area contributed by atoms with E-state index in [0.717, 1.165) is 36.3 Å². The van der Waals surface area contributed by atoms with Gasteiger partial charge in [0.2, 0.25) is 0 Å². The molecule has 128 valence electrons. The molecule has 0 amide bonds. The molecule has 1 unspecified atom stereocenters. The number of thiazole rings is 1. The van der Waals surface area contributed by atoms with Crippen molar-refractivity contribution in [3.8, 4) is 11.3 Å².